The Hall–Kier alpha value is -3.35. The highest BCUT2D eigenvalue weighted by Gasteiger charge is 2.24. The van der Waals surface area contributed by atoms with Crippen LogP contribution in [0, 0.1) is 5.82 Å². The van der Waals surface area contributed by atoms with E-state index in [0.717, 1.165) is 0 Å². The third-order valence-corrected chi connectivity index (χ3v) is 3.37. The first-order chi connectivity index (χ1) is 13.0. The second-order valence-corrected chi connectivity index (χ2v) is 5.31. The summed E-state index contributed by atoms with van der Waals surface area (Å²) in [5.41, 5.74) is 0.760. The van der Waals surface area contributed by atoms with Crippen LogP contribution in [0.4, 0.5) is 15.8 Å². The lowest BCUT2D eigenvalue weighted by Crippen LogP contribution is -2.25. The van der Waals surface area contributed by atoms with Gasteiger partial charge in [0, 0.05) is 11.4 Å². The van der Waals surface area contributed by atoms with Gasteiger partial charge < -0.3 is 20.1 Å². The van der Waals surface area contributed by atoms with Crippen molar-refractivity contribution in [3.63, 3.8) is 0 Å². The molecule has 2 aromatic carbocycles. The van der Waals surface area contributed by atoms with Crippen molar-refractivity contribution in [1.29, 1.82) is 0 Å². The summed E-state index contributed by atoms with van der Waals surface area (Å²) in [5.74, 6) is -1.89. The van der Waals surface area contributed by atoms with E-state index in [9.17, 15) is 14.0 Å². The van der Waals surface area contributed by atoms with Crippen LogP contribution in [0.25, 0.3) is 0 Å². The number of rotatable bonds is 8. The van der Waals surface area contributed by atoms with Gasteiger partial charge in [0.05, 0.1) is 13.2 Å². The summed E-state index contributed by atoms with van der Waals surface area (Å²) in [7, 11) is 0. The van der Waals surface area contributed by atoms with Crippen LogP contribution in [-0.4, -0.2) is 25.2 Å². The maximum Gasteiger partial charge on any atom is 0.357 e. The highest BCUT2D eigenvalue weighted by molar-refractivity contribution is 6.04. The van der Waals surface area contributed by atoms with E-state index in [0.29, 0.717) is 11.4 Å². The molecule has 0 unspecified atom stereocenters. The van der Waals surface area contributed by atoms with Crippen molar-refractivity contribution in [3.05, 3.63) is 71.8 Å². The normalized spacial score (nSPS) is 11.2. The largest absolute Gasteiger partial charge is 0.461 e. The molecule has 2 rings (SSSR count). The zero-order valence-electron chi connectivity index (χ0n) is 15.1. The van der Waals surface area contributed by atoms with Gasteiger partial charge in [0.2, 0.25) is 0 Å². The third kappa shape index (κ3) is 5.85. The minimum atomic E-state index is -0.742. The van der Waals surface area contributed by atoms with E-state index >= 15 is 0 Å². The topological polar surface area (TPSA) is 76.7 Å². The fourth-order valence-corrected chi connectivity index (χ4v) is 2.18. The molecule has 6 nitrogen and oxygen atoms in total. The van der Waals surface area contributed by atoms with Gasteiger partial charge in [-0.05, 0) is 50.2 Å². The van der Waals surface area contributed by atoms with Crippen molar-refractivity contribution in [2.24, 2.45) is 0 Å². The summed E-state index contributed by atoms with van der Waals surface area (Å²) in [6.07, 6.45) is 0. The number of anilines is 2. The predicted molar refractivity (Wildman–Crippen MR) is 100 cm³/mol. The number of benzene rings is 2. The maximum absolute atomic E-state index is 13.2. The molecule has 2 aromatic rings. The number of halogens is 1. The molecule has 0 saturated carbocycles. The molecule has 7 heteroatoms. The first kappa shape index (κ1) is 20.0. The van der Waals surface area contributed by atoms with Crippen molar-refractivity contribution < 1.29 is 23.5 Å². The molecule has 0 aliphatic heterocycles. The fourth-order valence-electron chi connectivity index (χ4n) is 2.18. The van der Waals surface area contributed by atoms with Gasteiger partial charge >= 0.3 is 11.9 Å². The van der Waals surface area contributed by atoms with Gasteiger partial charge in [-0.25, -0.2) is 14.0 Å². The van der Waals surface area contributed by atoms with Crippen LogP contribution < -0.4 is 10.6 Å². The Morgan fingerprint density at radius 2 is 1.22 bits per heavy atom. The van der Waals surface area contributed by atoms with Gasteiger partial charge in [-0.15, -0.1) is 0 Å². The van der Waals surface area contributed by atoms with E-state index in [-0.39, 0.29) is 24.6 Å². The number of ether oxygens (including phenoxy) is 2. The lowest BCUT2D eigenvalue weighted by Gasteiger charge is -2.17. The molecule has 0 bridgehead atoms. The molecular formula is C20H21FN2O4. The Labute approximate surface area is 157 Å². The van der Waals surface area contributed by atoms with Crippen LogP contribution in [0.5, 0.6) is 0 Å². The molecule has 0 fully saturated rings. The number of hydrogen-bond acceptors (Lipinski definition) is 6. The third-order valence-electron chi connectivity index (χ3n) is 3.37. The molecule has 0 spiro atoms. The molecule has 0 heterocycles. The Morgan fingerprint density at radius 3 is 1.67 bits per heavy atom. The van der Waals surface area contributed by atoms with Gasteiger partial charge in [0.25, 0.3) is 0 Å². The van der Waals surface area contributed by atoms with Crippen LogP contribution >= 0.6 is 0 Å². The van der Waals surface area contributed by atoms with Crippen molar-refractivity contribution in [1.82, 2.24) is 0 Å². The van der Waals surface area contributed by atoms with Gasteiger partial charge in [-0.3, -0.25) is 0 Å². The first-order valence-electron chi connectivity index (χ1n) is 8.48. The van der Waals surface area contributed by atoms with Crippen molar-refractivity contribution in [3.8, 4) is 0 Å². The number of esters is 2. The average molecular weight is 372 g/mol. The minimum absolute atomic E-state index is 0.106. The Morgan fingerprint density at radius 1 is 0.778 bits per heavy atom. The van der Waals surface area contributed by atoms with Crippen molar-refractivity contribution >= 4 is 23.3 Å². The second-order valence-electron chi connectivity index (χ2n) is 5.31. The van der Waals surface area contributed by atoms with Gasteiger partial charge in [-0.2, -0.15) is 0 Å². The summed E-state index contributed by atoms with van der Waals surface area (Å²) in [6, 6.07) is 14.2. The molecule has 2 N–H and O–H groups in total. The molecule has 0 aliphatic carbocycles. The fraction of sp³-hybridized carbons (Fsp3) is 0.200. The zero-order valence-corrected chi connectivity index (χ0v) is 15.1. The second kappa shape index (κ2) is 9.96. The summed E-state index contributed by atoms with van der Waals surface area (Å²) in [5, 5.41) is 5.73. The molecular weight excluding hydrogens is 351 g/mol. The van der Waals surface area contributed by atoms with Crippen LogP contribution in [-0.2, 0) is 19.1 Å². The number of hydrogen-bond donors (Lipinski definition) is 2. The number of carbonyl (C=O) groups excluding carboxylic acids is 2. The molecule has 0 amide bonds. The standard InChI is InChI=1S/C20H21FN2O4/c1-3-26-19(24)17(22-15-8-6-5-7-9-15)18(20(25)27-4-2)23-16-12-10-14(21)11-13-16/h5-13,22-23H,3-4H2,1-2H3. The highest BCUT2D eigenvalue weighted by Crippen LogP contribution is 2.18. The zero-order chi connectivity index (χ0) is 19.6. The summed E-state index contributed by atoms with van der Waals surface area (Å²) in [4.78, 5) is 25.0. The summed E-state index contributed by atoms with van der Waals surface area (Å²) >= 11 is 0. The predicted octanol–water partition coefficient (Wildman–Crippen LogP) is 3.69. The smallest absolute Gasteiger partial charge is 0.357 e. The molecule has 27 heavy (non-hydrogen) atoms. The quantitative estimate of drug-likeness (QED) is 0.544. The van der Waals surface area contributed by atoms with Gasteiger partial charge in [0.1, 0.15) is 5.82 Å². The SMILES string of the molecule is CCOC(=O)C(Nc1ccccc1)=C(Nc1ccc(F)cc1)C(=O)OCC. The number of nitrogens with one attached hydrogen (secondary N) is 2. The molecule has 0 atom stereocenters. The molecule has 0 aromatic heterocycles. The molecule has 0 radical (unpaired) electrons. The highest BCUT2D eigenvalue weighted by atomic mass is 19.1. The van der Waals surface area contributed by atoms with Crippen molar-refractivity contribution in [2.45, 2.75) is 13.8 Å². The van der Waals surface area contributed by atoms with E-state index in [1.807, 2.05) is 6.07 Å². The Bertz CT molecular complexity index is 804. The lowest BCUT2D eigenvalue weighted by atomic mass is 10.2. The Balaban J connectivity index is 2.48. The summed E-state index contributed by atoms with van der Waals surface area (Å²) < 4.78 is 23.3. The maximum atomic E-state index is 13.2. The van der Waals surface area contributed by atoms with Crippen LogP contribution in [0.15, 0.2) is 66.0 Å². The number of para-hydroxylation sites is 1. The van der Waals surface area contributed by atoms with Crippen LogP contribution in [0.1, 0.15) is 13.8 Å². The van der Waals surface area contributed by atoms with Crippen molar-refractivity contribution in [2.75, 3.05) is 23.8 Å². The van der Waals surface area contributed by atoms with E-state index < -0.39 is 17.8 Å². The van der Waals surface area contributed by atoms with E-state index in [2.05, 4.69) is 10.6 Å². The van der Waals surface area contributed by atoms with E-state index in [4.69, 9.17) is 9.47 Å². The molecule has 0 aliphatic rings. The van der Waals surface area contributed by atoms with Crippen LogP contribution in [0.3, 0.4) is 0 Å². The monoisotopic (exact) mass is 372 g/mol. The molecule has 142 valence electrons. The lowest BCUT2D eigenvalue weighted by molar-refractivity contribution is -0.141. The average Bonchev–Trinajstić information content (AvgIpc) is 2.67. The van der Waals surface area contributed by atoms with Crippen LogP contribution in [0.2, 0.25) is 0 Å². The molecule has 0 saturated heterocycles. The Kier molecular flexibility index (Phi) is 7.37. The first-order valence-corrected chi connectivity index (χ1v) is 8.48. The van der Waals surface area contributed by atoms with Gasteiger partial charge in [-0.1, -0.05) is 18.2 Å². The van der Waals surface area contributed by atoms with Gasteiger partial charge in [0.15, 0.2) is 11.4 Å². The number of carbonyl (C=O) groups is 2. The van der Waals surface area contributed by atoms with E-state index in [1.54, 1.807) is 38.1 Å². The summed E-state index contributed by atoms with van der Waals surface area (Å²) in [6.45, 7) is 3.57. The minimum Gasteiger partial charge on any atom is -0.461 e. The van der Waals surface area contributed by atoms with E-state index in [1.165, 1.54) is 24.3 Å².